The number of piperazine rings is 1. The number of halogens is 1. The number of methoxy groups -OCH3 is 1. The molecule has 130 valence electrons. The van der Waals surface area contributed by atoms with Crippen LogP contribution < -0.4 is 4.74 Å². The lowest BCUT2D eigenvalue weighted by molar-refractivity contribution is 0.0533. The SMILES string of the molecule is COc1ccccc1C(=O)N1CCN(C(=O)c2cccc(Cl)c2)CC1. The first-order chi connectivity index (χ1) is 12.1. The van der Waals surface area contributed by atoms with Crippen LogP contribution in [0.4, 0.5) is 0 Å². The second-order valence-electron chi connectivity index (χ2n) is 5.80. The second kappa shape index (κ2) is 7.57. The highest BCUT2D eigenvalue weighted by Crippen LogP contribution is 2.20. The van der Waals surface area contributed by atoms with E-state index in [0.29, 0.717) is 48.1 Å². The standard InChI is InChI=1S/C19H19ClN2O3/c1-25-17-8-3-2-7-16(17)19(24)22-11-9-21(10-12-22)18(23)14-5-4-6-15(20)13-14/h2-8,13H,9-12H2,1H3. The third kappa shape index (κ3) is 3.77. The molecule has 1 saturated heterocycles. The van der Waals surface area contributed by atoms with Crippen molar-refractivity contribution in [2.45, 2.75) is 0 Å². The fourth-order valence-corrected chi connectivity index (χ4v) is 3.10. The Morgan fingerprint density at radius 2 is 1.56 bits per heavy atom. The molecule has 0 radical (unpaired) electrons. The molecule has 6 heteroatoms. The summed E-state index contributed by atoms with van der Waals surface area (Å²) in [6.45, 7) is 1.96. The summed E-state index contributed by atoms with van der Waals surface area (Å²) in [7, 11) is 1.55. The van der Waals surface area contributed by atoms with Crippen LogP contribution in [-0.4, -0.2) is 54.9 Å². The Morgan fingerprint density at radius 3 is 2.20 bits per heavy atom. The molecule has 0 aromatic heterocycles. The van der Waals surface area contributed by atoms with E-state index in [4.69, 9.17) is 16.3 Å². The van der Waals surface area contributed by atoms with Gasteiger partial charge in [0.05, 0.1) is 12.7 Å². The van der Waals surface area contributed by atoms with Crippen LogP contribution in [0.2, 0.25) is 5.02 Å². The largest absolute Gasteiger partial charge is 0.496 e. The predicted octanol–water partition coefficient (Wildman–Crippen LogP) is 2.95. The van der Waals surface area contributed by atoms with Crippen molar-refractivity contribution in [1.29, 1.82) is 0 Å². The predicted molar refractivity (Wildman–Crippen MR) is 96.3 cm³/mol. The van der Waals surface area contributed by atoms with E-state index in [1.54, 1.807) is 53.3 Å². The first kappa shape index (κ1) is 17.3. The van der Waals surface area contributed by atoms with Crippen molar-refractivity contribution < 1.29 is 14.3 Å². The highest BCUT2D eigenvalue weighted by Gasteiger charge is 2.26. The number of amides is 2. The van der Waals surface area contributed by atoms with Crippen molar-refractivity contribution in [3.63, 3.8) is 0 Å². The summed E-state index contributed by atoms with van der Waals surface area (Å²) in [5, 5.41) is 0.538. The Labute approximate surface area is 151 Å². The normalized spacial score (nSPS) is 14.3. The van der Waals surface area contributed by atoms with Gasteiger partial charge in [-0.15, -0.1) is 0 Å². The molecule has 1 fully saturated rings. The summed E-state index contributed by atoms with van der Waals surface area (Å²) in [5.41, 5.74) is 1.11. The lowest BCUT2D eigenvalue weighted by atomic mass is 10.1. The van der Waals surface area contributed by atoms with E-state index >= 15 is 0 Å². The zero-order valence-electron chi connectivity index (χ0n) is 13.9. The molecular formula is C19H19ClN2O3. The average molecular weight is 359 g/mol. The number of benzene rings is 2. The van der Waals surface area contributed by atoms with Gasteiger partial charge in [-0.05, 0) is 30.3 Å². The van der Waals surface area contributed by atoms with Gasteiger partial charge in [-0.1, -0.05) is 29.8 Å². The molecule has 0 aliphatic carbocycles. The van der Waals surface area contributed by atoms with E-state index in [2.05, 4.69) is 0 Å². The molecule has 1 aliphatic heterocycles. The maximum atomic E-state index is 12.7. The molecule has 1 heterocycles. The van der Waals surface area contributed by atoms with E-state index in [0.717, 1.165) is 0 Å². The molecule has 1 aliphatic rings. The Morgan fingerprint density at radius 1 is 0.920 bits per heavy atom. The number of hydrogen-bond acceptors (Lipinski definition) is 3. The molecule has 0 saturated carbocycles. The van der Waals surface area contributed by atoms with Gasteiger partial charge in [0.25, 0.3) is 11.8 Å². The lowest BCUT2D eigenvalue weighted by Gasteiger charge is -2.35. The van der Waals surface area contributed by atoms with E-state index in [-0.39, 0.29) is 11.8 Å². The van der Waals surface area contributed by atoms with Gasteiger partial charge in [0.15, 0.2) is 0 Å². The highest BCUT2D eigenvalue weighted by atomic mass is 35.5. The summed E-state index contributed by atoms with van der Waals surface area (Å²) in [6, 6.07) is 14.1. The maximum absolute atomic E-state index is 12.7. The number of carbonyl (C=O) groups is 2. The fraction of sp³-hybridized carbons (Fsp3) is 0.263. The summed E-state index contributed by atoms with van der Waals surface area (Å²) in [5.74, 6) is 0.420. The van der Waals surface area contributed by atoms with Crippen LogP contribution in [0.15, 0.2) is 48.5 Å². The van der Waals surface area contributed by atoms with Gasteiger partial charge >= 0.3 is 0 Å². The van der Waals surface area contributed by atoms with Crippen LogP contribution in [0.1, 0.15) is 20.7 Å². The third-order valence-corrected chi connectivity index (χ3v) is 4.50. The van der Waals surface area contributed by atoms with Gasteiger partial charge in [-0.2, -0.15) is 0 Å². The third-order valence-electron chi connectivity index (χ3n) is 4.26. The molecule has 3 rings (SSSR count). The minimum Gasteiger partial charge on any atom is -0.496 e. The Balaban J connectivity index is 1.65. The number of para-hydroxylation sites is 1. The number of ether oxygens (including phenoxy) is 1. The first-order valence-corrected chi connectivity index (χ1v) is 8.45. The summed E-state index contributed by atoms with van der Waals surface area (Å²) in [6.07, 6.45) is 0. The summed E-state index contributed by atoms with van der Waals surface area (Å²) < 4.78 is 5.26. The molecule has 2 amide bonds. The van der Waals surface area contributed by atoms with Crippen molar-refractivity contribution in [2.75, 3.05) is 33.3 Å². The van der Waals surface area contributed by atoms with Crippen LogP contribution in [0.5, 0.6) is 5.75 Å². The van der Waals surface area contributed by atoms with Crippen LogP contribution in [-0.2, 0) is 0 Å². The fourth-order valence-electron chi connectivity index (χ4n) is 2.91. The molecular weight excluding hydrogens is 340 g/mol. The van der Waals surface area contributed by atoms with E-state index in [1.807, 2.05) is 12.1 Å². The van der Waals surface area contributed by atoms with Crippen molar-refractivity contribution >= 4 is 23.4 Å². The molecule has 25 heavy (non-hydrogen) atoms. The lowest BCUT2D eigenvalue weighted by Crippen LogP contribution is -2.50. The molecule has 0 atom stereocenters. The van der Waals surface area contributed by atoms with E-state index < -0.39 is 0 Å². The van der Waals surface area contributed by atoms with Crippen molar-refractivity contribution in [3.8, 4) is 5.75 Å². The molecule has 0 unspecified atom stereocenters. The van der Waals surface area contributed by atoms with E-state index in [9.17, 15) is 9.59 Å². The molecule has 0 bridgehead atoms. The second-order valence-corrected chi connectivity index (χ2v) is 6.23. The first-order valence-electron chi connectivity index (χ1n) is 8.07. The maximum Gasteiger partial charge on any atom is 0.257 e. The summed E-state index contributed by atoms with van der Waals surface area (Å²) in [4.78, 5) is 28.7. The zero-order chi connectivity index (χ0) is 17.8. The quantitative estimate of drug-likeness (QED) is 0.847. The number of nitrogens with zero attached hydrogens (tertiary/aromatic N) is 2. The molecule has 0 N–H and O–H groups in total. The summed E-state index contributed by atoms with van der Waals surface area (Å²) >= 11 is 5.95. The van der Waals surface area contributed by atoms with Crippen molar-refractivity contribution in [1.82, 2.24) is 9.80 Å². The topological polar surface area (TPSA) is 49.9 Å². The van der Waals surface area contributed by atoms with Gasteiger partial charge in [-0.3, -0.25) is 9.59 Å². The molecule has 2 aromatic carbocycles. The highest BCUT2D eigenvalue weighted by molar-refractivity contribution is 6.30. The number of hydrogen-bond donors (Lipinski definition) is 0. The van der Waals surface area contributed by atoms with Gasteiger partial charge in [-0.25, -0.2) is 0 Å². The Bertz CT molecular complexity index is 786. The average Bonchev–Trinajstić information content (AvgIpc) is 2.67. The van der Waals surface area contributed by atoms with Gasteiger partial charge in [0.1, 0.15) is 5.75 Å². The van der Waals surface area contributed by atoms with Crippen LogP contribution in [0.3, 0.4) is 0 Å². The molecule has 2 aromatic rings. The van der Waals surface area contributed by atoms with E-state index in [1.165, 1.54) is 0 Å². The minimum absolute atomic E-state index is 0.0631. The van der Waals surface area contributed by atoms with Gasteiger partial charge < -0.3 is 14.5 Å². The van der Waals surface area contributed by atoms with Crippen LogP contribution >= 0.6 is 11.6 Å². The molecule has 5 nitrogen and oxygen atoms in total. The zero-order valence-corrected chi connectivity index (χ0v) is 14.7. The smallest absolute Gasteiger partial charge is 0.257 e. The van der Waals surface area contributed by atoms with Gasteiger partial charge in [0.2, 0.25) is 0 Å². The van der Waals surface area contributed by atoms with Gasteiger partial charge in [0, 0.05) is 36.8 Å². The minimum atomic E-state index is -0.0766. The van der Waals surface area contributed by atoms with Crippen LogP contribution in [0.25, 0.3) is 0 Å². The Kier molecular flexibility index (Phi) is 5.24. The van der Waals surface area contributed by atoms with Crippen molar-refractivity contribution in [3.05, 3.63) is 64.7 Å². The monoisotopic (exact) mass is 358 g/mol. The Hall–Kier alpha value is -2.53. The number of rotatable bonds is 3. The molecule has 0 spiro atoms. The van der Waals surface area contributed by atoms with Crippen molar-refractivity contribution in [2.24, 2.45) is 0 Å². The number of carbonyl (C=O) groups excluding carboxylic acids is 2. The van der Waals surface area contributed by atoms with Crippen LogP contribution in [0, 0.1) is 0 Å².